The number of rotatable bonds is 2. The third-order valence-electron chi connectivity index (χ3n) is 1.89. The maximum atomic E-state index is 13.7. The van der Waals surface area contributed by atoms with Crippen molar-refractivity contribution < 1.29 is 9.13 Å². The fraction of sp³-hybridized carbons (Fsp3) is 0.200. The maximum absolute atomic E-state index is 13.7. The van der Waals surface area contributed by atoms with Crippen molar-refractivity contribution in [1.82, 2.24) is 0 Å². The van der Waals surface area contributed by atoms with Gasteiger partial charge in [0.25, 0.3) is 0 Å². The van der Waals surface area contributed by atoms with Crippen LogP contribution in [0.4, 0.5) is 4.39 Å². The molecule has 1 aromatic carbocycles. The first kappa shape index (κ1) is 9.74. The minimum absolute atomic E-state index is 0.225. The zero-order valence-corrected chi connectivity index (χ0v) is 9.08. The topological polar surface area (TPSA) is 9.23 Å². The molecule has 4 heteroatoms. The summed E-state index contributed by atoms with van der Waals surface area (Å²) in [6, 6.07) is 3.24. The normalized spacial score (nSPS) is 10.8. The third-order valence-corrected chi connectivity index (χ3v) is 3.25. The predicted octanol–water partition coefficient (Wildman–Crippen LogP) is 4.09. The summed E-state index contributed by atoms with van der Waals surface area (Å²) >= 11 is 7.40. The Labute approximate surface area is 90.1 Å². The Bertz CT molecular complexity index is 466. The zero-order valence-electron chi connectivity index (χ0n) is 7.51. The first-order valence-electron chi connectivity index (χ1n) is 4.22. The molecule has 0 aliphatic rings. The van der Waals surface area contributed by atoms with E-state index in [1.54, 1.807) is 6.07 Å². The van der Waals surface area contributed by atoms with Crippen LogP contribution in [0.15, 0.2) is 17.5 Å². The molecule has 0 spiro atoms. The standard InChI is InChI=1S/C10H8ClFOS/c1-2-13-8-5-7(11)10-6(9(8)12)3-4-14-10/h3-5H,2H2,1H3. The molecule has 1 nitrogen and oxygen atoms in total. The number of fused-ring (bicyclic) bond motifs is 1. The lowest BCUT2D eigenvalue weighted by atomic mass is 10.2. The molecule has 74 valence electrons. The van der Waals surface area contributed by atoms with Crippen LogP contribution in [0.5, 0.6) is 5.75 Å². The molecule has 0 atom stereocenters. The molecule has 0 unspecified atom stereocenters. The third kappa shape index (κ3) is 1.47. The Morgan fingerprint density at radius 3 is 3.07 bits per heavy atom. The second-order valence-electron chi connectivity index (χ2n) is 2.77. The van der Waals surface area contributed by atoms with Crippen molar-refractivity contribution in [3.05, 3.63) is 28.4 Å². The van der Waals surface area contributed by atoms with Gasteiger partial charge < -0.3 is 4.74 Å². The first-order valence-corrected chi connectivity index (χ1v) is 5.47. The molecule has 0 bridgehead atoms. The predicted molar refractivity (Wildman–Crippen MR) is 58.0 cm³/mol. The molecule has 0 radical (unpaired) electrons. The molecule has 0 N–H and O–H groups in total. The van der Waals surface area contributed by atoms with E-state index in [-0.39, 0.29) is 11.6 Å². The summed E-state index contributed by atoms with van der Waals surface area (Å²) < 4.78 is 19.6. The Morgan fingerprint density at radius 1 is 1.57 bits per heavy atom. The van der Waals surface area contributed by atoms with Crippen molar-refractivity contribution >= 4 is 33.0 Å². The Hall–Kier alpha value is -0.800. The van der Waals surface area contributed by atoms with Gasteiger partial charge in [-0.1, -0.05) is 11.6 Å². The molecule has 2 rings (SSSR count). The molecule has 0 aliphatic carbocycles. The van der Waals surface area contributed by atoms with Crippen molar-refractivity contribution in [2.24, 2.45) is 0 Å². The maximum Gasteiger partial charge on any atom is 0.173 e. The van der Waals surface area contributed by atoms with Gasteiger partial charge in [0.05, 0.1) is 16.3 Å². The van der Waals surface area contributed by atoms with Gasteiger partial charge in [-0.05, 0) is 18.4 Å². The highest BCUT2D eigenvalue weighted by Crippen LogP contribution is 2.36. The van der Waals surface area contributed by atoms with Crippen molar-refractivity contribution in [2.45, 2.75) is 6.92 Å². The van der Waals surface area contributed by atoms with Gasteiger partial charge in [0.15, 0.2) is 11.6 Å². The SMILES string of the molecule is CCOc1cc(Cl)c2sccc2c1F. The number of halogens is 2. The Morgan fingerprint density at radius 2 is 2.36 bits per heavy atom. The van der Waals surface area contributed by atoms with E-state index in [2.05, 4.69) is 0 Å². The van der Waals surface area contributed by atoms with E-state index in [1.165, 1.54) is 17.4 Å². The van der Waals surface area contributed by atoms with Crippen LogP contribution in [0.2, 0.25) is 5.02 Å². The summed E-state index contributed by atoms with van der Waals surface area (Å²) in [4.78, 5) is 0. The summed E-state index contributed by atoms with van der Waals surface area (Å²) in [5, 5.41) is 2.89. The zero-order chi connectivity index (χ0) is 10.1. The van der Waals surface area contributed by atoms with Gasteiger partial charge in [-0.15, -0.1) is 11.3 Å². The molecule has 0 aliphatic heterocycles. The number of hydrogen-bond acceptors (Lipinski definition) is 2. The van der Waals surface area contributed by atoms with Crippen molar-refractivity contribution in [2.75, 3.05) is 6.61 Å². The quantitative estimate of drug-likeness (QED) is 0.755. The van der Waals surface area contributed by atoms with Crippen LogP contribution >= 0.6 is 22.9 Å². The first-order chi connectivity index (χ1) is 6.74. The lowest BCUT2D eigenvalue weighted by Gasteiger charge is -2.06. The smallest absolute Gasteiger partial charge is 0.173 e. The van der Waals surface area contributed by atoms with E-state index in [0.717, 1.165) is 4.70 Å². The van der Waals surface area contributed by atoms with Crippen LogP contribution in [0, 0.1) is 5.82 Å². The number of ether oxygens (including phenoxy) is 1. The number of hydrogen-bond donors (Lipinski definition) is 0. The van der Waals surface area contributed by atoms with E-state index in [1.807, 2.05) is 12.3 Å². The van der Waals surface area contributed by atoms with Gasteiger partial charge in [0.2, 0.25) is 0 Å². The molecule has 1 aromatic heterocycles. The molecule has 1 heterocycles. The molecular formula is C10H8ClFOS. The van der Waals surface area contributed by atoms with E-state index in [0.29, 0.717) is 17.0 Å². The minimum Gasteiger partial charge on any atom is -0.491 e. The summed E-state index contributed by atoms with van der Waals surface area (Å²) in [7, 11) is 0. The lowest BCUT2D eigenvalue weighted by Crippen LogP contribution is -1.94. The van der Waals surface area contributed by atoms with Crippen LogP contribution in [0.1, 0.15) is 6.92 Å². The van der Waals surface area contributed by atoms with Crippen LogP contribution in [-0.2, 0) is 0 Å². The highest BCUT2D eigenvalue weighted by Gasteiger charge is 2.12. The van der Waals surface area contributed by atoms with Gasteiger partial charge in [0.1, 0.15) is 0 Å². The van der Waals surface area contributed by atoms with Crippen LogP contribution in [0.3, 0.4) is 0 Å². The minimum atomic E-state index is -0.326. The number of benzene rings is 1. The highest BCUT2D eigenvalue weighted by atomic mass is 35.5. The van der Waals surface area contributed by atoms with Gasteiger partial charge in [-0.2, -0.15) is 0 Å². The lowest BCUT2D eigenvalue weighted by molar-refractivity contribution is 0.323. The van der Waals surface area contributed by atoms with Crippen molar-refractivity contribution in [3.8, 4) is 5.75 Å². The molecule has 0 fully saturated rings. The van der Waals surface area contributed by atoms with Gasteiger partial charge >= 0.3 is 0 Å². The fourth-order valence-electron chi connectivity index (χ4n) is 1.30. The van der Waals surface area contributed by atoms with Gasteiger partial charge in [-0.3, -0.25) is 0 Å². The monoisotopic (exact) mass is 230 g/mol. The average Bonchev–Trinajstić information content (AvgIpc) is 2.63. The van der Waals surface area contributed by atoms with E-state index >= 15 is 0 Å². The van der Waals surface area contributed by atoms with E-state index in [4.69, 9.17) is 16.3 Å². The largest absolute Gasteiger partial charge is 0.491 e. The number of thiophene rings is 1. The second kappa shape index (κ2) is 3.75. The summed E-state index contributed by atoms with van der Waals surface area (Å²) in [5.41, 5.74) is 0. The van der Waals surface area contributed by atoms with Crippen LogP contribution in [0.25, 0.3) is 10.1 Å². The molecule has 0 saturated heterocycles. The Kier molecular flexibility index (Phi) is 2.61. The molecule has 2 aromatic rings. The van der Waals surface area contributed by atoms with Crippen molar-refractivity contribution in [3.63, 3.8) is 0 Å². The second-order valence-corrected chi connectivity index (χ2v) is 4.09. The van der Waals surface area contributed by atoms with Crippen LogP contribution in [-0.4, -0.2) is 6.61 Å². The highest BCUT2D eigenvalue weighted by molar-refractivity contribution is 7.17. The summed E-state index contributed by atoms with van der Waals surface area (Å²) in [6.45, 7) is 2.24. The fourth-order valence-corrected chi connectivity index (χ4v) is 2.44. The molecule has 0 saturated carbocycles. The Balaban J connectivity index is 2.68. The van der Waals surface area contributed by atoms with Gasteiger partial charge in [-0.25, -0.2) is 4.39 Å². The van der Waals surface area contributed by atoms with Crippen LogP contribution < -0.4 is 4.74 Å². The van der Waals surface area contributed by atoms with E-state index < -0.39 is 0 Å². The van der Waals surface area contributed by atoms with Gasteiger partial charge in [0, 0.05) is 11.5 Å². The van der Waals surface area contributed by atoms with E-state index in [9.17, 15) is 4.39 Å². The summed E-state index contributed by atoms with van der Waals surface area (Å²) in [6.07, 6.45) is 0. The summed E-state index contributed by atoms with van der Waals surface area (Å²) in [5.74, 6) is -0.101. The van der Waals surface area contributed by atoms with Crippen molar-refractivity contribution in [1.29, 1.82) is 0 Å². The molecule has 0 amide bonds. The molecular weight excluding hydrogens is 223 g/mol. The molecule has 14 heavy (non-hydrogen) atoms. The average molecular weight is 231 g/mol.